The van der Waals surface area contributed by atoms with Crippen LogP contribution in [0.4, 0.5) is 5.69 Å². The average molecular weight is 252 g/mol. The number of aryl methyl sites for hydroxylation is 1. The largest absolute Gasteiger partial charge is 0.382 e. The van der Waals surface area contributed by atoms with Crippen molar-refractivity contribution in [3.05, 3.63) is 29.8 Å². The van der Waals surface area contributed by atoms with Crippen LogP contribution in [0.15, 0.2) is 24.3 Å². The summed E-state index contributed by atoms with van der Waals surface area (Å²) < 4.78 is 5.25. The summed E-state index contributed by atoms with van der Waals surface area (Å²) in [6.45, 7) is 6.43. The molecule has 0 aliphatic rings. The molecule has 2 N–H and O–H groups in total. The summed E-state index contributed by atoms with van der Waals surface area (Å²) in [7, 11) is 0. The predicted octanol–water partition coefficient (Wildman–Crippen LogP) is 2.71. The van der Waals surface area contributed by atoms with Gasteiger partial charge in [0.15, 0.2) is 5.11 Å². The van der Waals surface area contributed by atoms with E-state index in [9.17, 15) is 0 Å². The van der Waals surface area contributed by atoms with Gasteiger partial charge in [0.2, 0.25) is 0 Å². The molecule has 0 saturated carbocycles. The lowest BCUT2D eigenvalue weighted by atomic mass is 10.2. The molecule has 0 saturated heterocycles. The maximum atomic E-state index is 5.25. The minimum atomic E-state index is 0.659. The SMILES string of the molecule is CCOCCCNC(=S)Nc1cccc(C)c1. The van der Waals surface area contributed by atoms with E-state index in [-0.39, 0.29) is 0 Å². The molecule has 94 valence electrons. The van der Waals surface area contributed by atoms with E-state index in [0.717, 1.165) is 31.9 Å². The first-order valence-corrected chi connectivity index (χ1v) is 6.32. The normalized spacial score (nSPS) is 10.0. The van der Waals surface area contributed by atoms with Gasteiger partial charge in [-0.2, -0.15) is 0 Å². The van der Waals surface area contributed by atoms with Gasteiger partial charge in [-0.25, -0.2) is 0 Å². The fraction of sp³-hybridized carbons (Fsp3) is 0.462. The van der Waals surface area contributed by atoms with Crippen LogP contribution in [-0.2, 0) is 4.74 Å². The van der Waals surface area contributed by atoms with Gasteiger partial charge in [-0.15, -0.1) is 0 Å². The van der Waals surface area contributed by atoms with E-state index in [1.165, 1.54) is 5.56 Å². The lowest BCUT2D eigenvalue weighted by molar-refractivity contribution is 0.146. The van der Waals surface area contributed by atoms with Gasteiger partial charge in [-0.1, -0.05) is 12.1 Å². The molecule has 4 heteroatoms. The highest BCUT2D eigenvalue weighted by Crippen LogP contribution is 2.08. The van der Waals surface area contributed by atoms with Crippen molar-refractivity contribution in [2.24, 2.45) is 0 Å². The Hall–Kier alpha value is -1.13. The topological polar surface area (TPSA) is 33.3 Å². The Bertz CT molecular complexity index is 355. The van der Waals surface area contributed by atoms with Crippen LogP contribution < -0.4 is 10.6 Å². The molecule has 1 rings (SSSR count). The Morgan fingerprint density at radius 2 is 2.24 bits per heavy atom. The second-order valence-electron chi connectivity index (χ2n) is 3.80. The number of nitrogens with one attached hydrogen (secondary N) is 2. The monoisotopic (exact) mass is 252 g/mol. The third-order valence-electron chi connectivity index (χ3n) is 2.23. The quantitative estimate of drug-likeness (QED) is 0.602. The van der Waals surface area contributed by atoms with Crippen molar-refractivity contribution in [2.75, 3.05) is 25.1 Å². The maximum absolute atomic E-state index is 5.25. The molecule has 0 amide bonds. The zero-order valence-electron chi connectivity index (χ0n) is 10.5. The van der Waals surface area contributed by atoms with Crippen molar-refractivity contribution < 1.29 is 4.74 Å². The summed E-state index contributed by atoms with van der Waals surface area (Å²) in [5.41, 5.74) is 2.24. The molecule has 0 heterocycles. The molecule has 0 unspecified atom stereocenters. The van der Waals surface area contributed by atoms with Gasteiger partial charge in [0.1, 0.15) is 0 Å². The first-order valence-electron chi connectivity index (χ1n) is 5.91. The Morgan fingerprint density at radius 1 is 1.41 bits per heavy atom. The van der Waals surface area contributed by atoms with Crippen LogP contribution in [0.3, 0.4) is 0 Å². The van der Waals surface area contributed by atoms with Gasteiger partial charge in [0.25, 0.3) is 0 Å². The highest BCUT2D eigenvalue weighted by molar-refractivity contribution is 7.80. The van der Waals surface area contributed by atoms with Crippen LogP contribution in [0.25, 0.3) is 0 Å². The average Bonchev–Trinajstić information content (AvgIpc) is 2.29. The van der Waals surface area contributed by atoms with Crippen LogP contribution in [0.1, 0.15) is 18.9 Å². The minimum absolute atomic E-state index is 0.659. The van der Waals surface area contributed by atoms with Gasteiger partial charge < -0.3 is 15.4 Å². The van der Waals surface area contributed by atoms with Crippen LogP contribution >= 0.6 is 12.2 Å². The Labute approximate surface area is 109 Å². The van der Waals surface area contributed by atoms with Crippen LogP contribution in [0.2, 0.25) is 0 Å². The molecule has 0 bridgehead atoms. The number of hydrogen-bond acceptors (Lipinski definition) is 2. The van der Waals surface area contributed by atoms with Crippen molar-refractivity contribution in [2.45, 2.75) is 20.3 Å². The van der Waals surface area contributed by atoms with Gasteiger partial charge in [0, 0.05) is 25.4 Å². The van der Waals surface area contributed by atoms with E-state index in [2.05, 4.69) is 29.7 Å². The summed E-state index contributed by atoms with van der Waals surface area (Å²) in [6, 6.07) is 8.13. The molecule has 17 heavy (non-hydrogen) atoms. The minimum Gasteiger partial charge on any atom is -0.382 e. The van der Waals surface area contributed by atoms with Crippen LogP contribution in [0, 0.1) is 6.92 Å². The molecule has 0 radical (unpaired) electrons. The highest BCUT2D eigenvalue weighted by atomic mass is 32.1. The van der Waals surface area contributed by atoms with E-state index >= 15 is 0 Å². The van der Waals surface area contributed by atoms with Crippen molar-refractivity contribution in [1.82, 2.24) is 5.32 Å². The highest BCUT2D eigenvalue weighted by Gasteiger charge is 1.97. The van der Waals surface area contributed by atoms with Crippen molar-refractivity contribution >= 4 is 23.0 Å². The Kier molecular flexibility index (Phi) is 6.58. The zero-order chi connectivity index (χ0) is 12.5. The molecule has 1 aromatic carbocycles. The molecule has 0 spiro atoms. The maximum Gasteiger partial charge on any atom is 0.170 e. The summed E-state index contributed by atoms with van der Waals surface area (Å²) >= 11 is 5.19. The molecule has 0 fully saturated rings. The Morgan fingerprint density at radius 3 is 2.94 bits per heavy atom. The molecular weight excluding hydrogens is 232 g/mol. The van der Waals surface area contributed by atoms with Crippen LogP contribution in [0.5, 0.6) is 0 Å². The number of thiocarbonyl (C=S) groups is 1. The van der Waals surface area contributed by atoms with E-state index in [0.29, 0.717) is 5.11 Å². The van der Waals surface area contributed by atoms with Crippen LogP contribution in [-0.4, -0.2) is 24.9 Å². The summed E-state index contributed by atoms with van der Waals surface area (Å²) in [6.07, 6.45) is 0.962. The fourth-order valence-corrected chi connectivity index (χ4v) is 1.64. The van der Waals surface area contributed by atoms with Crippen molar-refractivity contribution in [1.29, 1.82) is 0 Å². The lowest BCUT2D eigenvalue weighted by Gasteiger charge is -2.10. The number of benzene rings is 1. The van der Waals surface area contributed by atoms with Crippen molar-refractivity contribution in [3.63, 3.8) is 0 Å². The zero-order valence-corrected chi connectivity index (χ0v) is 11.3. The summed E-state index contributed by atoms with van der Waals surface area (Å²) in [5, 5.41) is 6.96. The van der Waals surface area contributed by atoms with Crippen molar-refractivity contribution in [3.8, 4) is 0 Å². The second-order valence-corrected chi connectivity index (χ2v) is 4.21. The number of anilines is 1. The van der Waals surface area contributed by atoms with E-state index < -0.39 is 0 Å². The fourth-order valence-electron chi connectivity index (χ4n) is 1.42. The predicted molar refractivity (Wildman–Crippen MR) is 76.5 cm³/mol. The molecule has 0 aromatic heterocycles. The number of rotatable bonds is 6. The van der Waals surface area contributed by atoms with Gasteiger partial charge in [-0.3, -0.25) is 0 Å². The third kappa shape index (κ3) is 6.24. The second kappa shape index (κ2) is 8.03. The van der Waals surface area contributed by atoms with Gasteiger partial charge in [-0.05, 0) is 50.2 Å². The molecular formula is C13H20N2OS. The Balaban J connectivity index is 2.21. The number of hydrogen-bond donors (Lipinski definition) is 2. The van der Waals surface area contributed by atoms with E-state index in [1.54, 1.807) is 0 Å². The first kappa shape index (κ1) is 13.9. The standard InChI is InChI=1S/C13H20N2OS/c1-3-16-9-5-8-14-13(17)15-12-7-4-6-11(2)10-12/h4,6-7,10H,3,5,8-9H2,1-2H3,(H2,14,15,17). The lowest BCUT2D eigenvalue weighted by Crippen LogP contribution is -2.29. The molecule has 3 nitrogen and oxygen atoms in total. The third-order valence-corrected chi connectivity index (χ3v) is 2.48. The summed E-state index contributed by atoms with van der Waals surface area (Å²) in [5.74, 6) is 0. The van der Waals surface area contributed by atoms with E-state index in [1.807, 2.05) is 19.1 Å². The van der Waals surface area contributed by atoms with Gasteiger partial charge >= 0.3 is 0 Å². The first-order chi connectivity index (χ1) is 8.22. The molecule has 0 atom stereocenters. The smallest absolute Gasteiger partial charge is 0.170 e. The molecule has 0 aliphatic heterocycles. The van der Waals surface area contributed by atoms with Gasteiger partial charge in [0.05, 0.1) is 0 Å². The van der Waals surface area contributed by atoms with E-state index in [4.69, 9.17) is 17.0 Å². The molecule has 1 aromatic rings. The summed E-state index contributed by atoms with van der Waals surface area (Å²) in [4.78, 5) is 0. The number of ether oxygens (including phenoxy) is 1. The molecule has 0 aliphatic carbocycles.